The largest absolute Gasteiger partial charge is 0.357 e. The van der Waals surface area contributed by atoms with Gasteiger partial charge in [0.25, 0.3) is 0 Å². The first-order valence-electron chi connectivity index (χ1n) is 6.78. The molecule has 0 aromatic rings. The van der Waals surface area contributed by atoms with Crippen molar-refractivity contribution in [2.75, 3.05) is 19.6 Å². The number of guanidine groups is 1. The maximum atomic E-state index is 4.71. The highest BCUT2D eigenvalue weighted by Gasteiger charge is 2.34. The van der Waals surface area contributed by atoms with Gasteiger partial charge in [0.1, 0.15) is 0 Å². The molecule has 2 N–H and O–H groups in total. The molecule has 1 aliphatic rings. The lowest BCUT2D eigenvalue weighted by Gasteiger charge is -2.40. The van der Waals surface area contributed by atoms with Gasteiger partial charge in [-0.05, 0) is 38.0 Å². The van der Waals surface area contributed by atoms with Crippen LogP contribution in [0.5, 0.6) is 0 Å². The van der Waals surface area contributed by atoms with Gasteiger partial charge in [-0.1, -0.05) is 20.3 Å². The molecule has 3 heteroatoms. The van der Waals surface area contributed by atoms with Crippen LogP contribution in [0, 0.1) is 5.41 Å². The van der Waals surface area contributed by atoms with E-state index in [1.54, 1.807) is 0 Å². The molecule has 1 aliphatic carbocycles. The zero-order valence-electron chi connectivity index (χ0n) is 11.1. The Hall–Kier alpha value is -0.730. The van der Waals surface area contributed by atoms with E-state index in [-0.39, 0.29) is 0 Å². The third kappa shape index (κ3) is 3.69. The van der Waals surface area contributed by atoms with Crippen LogP contribution >= 0.6 is 0 Å². The number of aliphatic imine (C=N–C) groups is 1. The van der Waals surface area contributed by atoms with Gasteiger partial charge in [-0.25, -0.2) is 0 Å². The third-order valence-corrected chi connectivity index (χ3v) is 3.62. The van der Waals surface area contributed by atoms with Crippen molar-refractivity contribution in [1.82, 2.24) is 10.6 Å². The Morgan fingerprint density at radius 3 is 2.38 bits per heavy atom. The molecular formula is C13H27N3. The highest BCUT2D eigenvalue weighted by atomic mass is 15.2. The Labute approximate surface area is 100 Å². The minimum atomic E-state index is 0.522. The first-order chi connectivity index (χ1) is 7.76. The monoisotopic (exact) mass is 225 g/mol. The van der Waals surface area contributed by atoms with Gasteiger partial charge < -0.3 is 10.6 Å². The number of hydrogen-bond donors (Lipinski definition) is 2. The lowest BCUT2D eigenvalue weighted by Crippen LogP contribution is -2.40. The van der Waals surface area contributed by atoms with Crippen LogP contribution in [0.4, 0.5) is 0 Å². The summed E-state index contributed by atoms with van der Waals surface area (Å²) in [5, 5.41) is 6.66. The highest BCUT2D eigenvalue weighted by Crippen LogP contribution is 2.43. The summed E-state index contributed by atoms with van der Waals surface area (Å²) in [7, 11) is 0. The molecule has 0 unspecified atom stereocenters. The predicted molar refractivity (Wildman–Crippen MR) is 70.8 cm³/mol. The smallest absolute Gasteiger partial charge is 0.191 e. The lowest BCUT2D eigenvalue weighted by atomic mass is 9.67. The molecule has 0 aromatic carbocycles. The average molecular weight is 225 g/mol. The molecule has 0 aliphatic heterocycles. The fraction of sp³-hybridized carbons (Fsp3) is 0.923. The van der Waals surface area contributed by atoms with Gasteiger partial charge in [0.05, 0.1) is 0 Å². The average Bonchev–Trinajstić information content (AvgIpc) is 2.24. The van der Waals surface area contributed by atoms with Crippen LogP contribution in [0.15, 0.2) is 4.99 Å². The van der Waals surface area contributed by atoms with E-state index in [1.165, 1.54) is 25.7 Å². The summed E-state index contributed by atoms with van der Waals surface area (Å²) in [6.45, 7) is 9.52. The van der Waals surface area contributed by atoms with Crippen molar-refractivity contribution in [3.8, 4) is 0 Å². The van der Waals surface area contributed by atoms with Crippen molar-refractivity contribution in [2.45, 2.75) is 52.9 Å². The zero-order chi connectivity index (χ0) is 11.9. The molecule has 0 bridgehead atoms. The Morgan fingerprint density at radius 1 is 1.19 bits per heavy atom. The van der Waals surface area contributed by atoms with Gasteiger partial charge in [-0.3, -0.25) is 4.99 Å². The molecule has 16 heavy (non-hydrogen) atoms. The van der Waals surface area contributed by atoms with Crippen molar-refractivity contribution in [3.05, 3.63) is 0 Å². The summed E-state index contributed by atoms with van der Waals surface area (Å²) in [6, 6.07) is 0. The van der Waals surface area contributed by atoms with Crippen molar-refractivity contribution in [2.24, 2.45) is 10.4 Å². The minimum Gasteiger partial charge on any atom is -0.357 e. The van der Waals surface area contributed by atoms with E-state index in [9.17, 15) is 0 Å². The summed E-state index contributed by atoms with van der Waals surface area (Å²) in [6.07, 6.45) is 6.52. The van der Waals surface area contributed by atoms with Crippen LogP contribution in [0.2, 0.25) is 0 Å². The second-order valence-corrected chi connectivity index (χ2v) is 4.83. The van der Waals surface area contributed by atoms with Crippen LogP contribution in [-0.4, -0.2) is 25.6 Å². The summed E-state index contributed by atoms with van der Waals surface area (Å²) < 4.78 is 0. The first kappa shape index (κ1) is 13.3. The molecule has 1 saturated carbocycles. The minimum absolute atomic E-state index is 0.522. The second kappa shape index (κ2) is 6.77. The van der Waals surface area contributed by atoms with Gasteiger partial charge in [0.15, 0.2) is 5.96 Å². The molecule has 94 valence electrons. The lowest BCUT2D eigenvalue weighted by molar-refractivity contribution is 0.139. The summed E-state index contributed by atoms with van der Waals surface area (Å²) in [5.41, 5.74) is 0.522. The van der Waals surface area contributed by atoms with E-state index in [0.717, 1.165) is 32.0 Å². The molecule has 0 amide bonds. The normalized spacial score (nSPS) is 19.1. The first-order valence-corrected chi connectivity index (χ1v) is 6.78. The summed E-state index contributed by atoms with van der Waals surface area (Å²) >= 11 is 0. The summed E-state index contributed by atoms with van der Waals surface area (Å²) in [5.74, 6) is 0.990. The highest BCUT2D eigenvalue weighted by molar-refractivity contribution is 5.79. The molecule has 3 nitrogen and oxygen atoms in total. The quantitative estimate of drug-likeness (QED) is 0.538. The van der Waals surface area contributed by atoms with Crippen LogP contribution in [-0.2, 0) is 0 Å². The fourth-order valence-electron chi connectivity index (χ4n) is 2.13. The molecule has 1 rings (SSSR count). The van der Waals surface area contributed by atoms with E-state index < -0.39 is 0 Å². The molecule has 1 fully saturated rings. The second-order valence-electron chi connectivity index (χ2n) is 4.83. The van der Waals surface area contributed by atoms with Gasteiger partial charge in [-0.2, -0.15) is 0 Å². The van der Waals surface area contributed by atoms with E-state index in [0.29, 0.717) is 5.41 Å². The van der Waals surface area contributed by atoms with E-state index in [4.69, 9.17) is 4.99 Å². The van der Waals surface area contributed by atoms with E-state index in [1.807, 2.05) is 0 Å². The molecule has 0 saturated heterocycles. The predicted octanol–water partition coefficient (Wildman–Crippen LogP) is 2.53. The van der Waals surface area contributed by atoms with Crippen LogP contribution in [0.1, 0.15) is 52.9 Å². The zero-order valence-corrected chi connectivity index (χ0v) is 11.1. The molecule has 0 spiro atoms. The van der Waals surface area contributed by atoms with Gasteiger partial charge >= 0.3 is 0 Å². The Kier molecular flexibility index (Phi) is 5.64. The number of nitrogens with one attached hydrogen (secondary N) is 2. The molecule has 0 atom stereocenters. The van der Waals surface area contributed by atoms with E-state index in [2.05, 4.69) is 31.4 Å². The number of rotatable bonds is 6. The van der Waals surface area contributed by atoms with Gasteiger partial charge in [-0.15, -0.1) is 0 Å². The van der Waals surface area contributed by atoms with Crippen molar-refractivity contribution >= 4 is 5.96 Å². The number of hydrogen-bond acceptors (Lipinski definition) is 1. The Balaban J connectivity index is 2.42. The Morgan fingerprint density at radius 2 is 1.94 bits per heavy atom. The molecule has 0 heterocycles. The topological polar surface area (TPSA) is 36.4 Å². The molecule has 0 radical (unpaired) electrons. The standard InChI is InChI=1S/C13H27N3/c1-4-10-15-12(14-6-3)16-11-13(5-2)8-7-9-13/h4-11H2,1-3H3,(H2,14,15,16). The summed E-state index contributed by atoms with van der Waals surface area (Å²) in [4.78, 5) is 4.71. The van der Waals surface area contributed by atoms with Crippen LogP contribution in [0.3, 0.4) is 0 Å². The molecular weight excluding hydrogens is 198 g/mol. The third-order valence-electron chi connectivity index (χ3n) is 3.62. The van der Waals surface area contributed by atoms with Crippen molar-refractivity contribution in [1.29, 1.82) is 0 Å². The molecule has 0 aromatic heterocycles. The van der Waals surface area contributed by atoms with Crippen LogP contribution < -0.4 is 10.6 Å². The van der Waals surface area contributed by atoms with E-state index >= 15 is 0 Å². The SMILES string of the molecule is CCCNC(=NCC1(CC)CCC1)NCC. The maximum Gasteiger partial charge on any atom is 0.191 e. The van der Waals surface area contributed by atoms with Crippen molar-refractivity contribution in [3.63, 3.8) is 0 Å². The van der Waals surface area contributed by atoms with Gasteiger partial charge in [0.2, 0.25) is 0 Å². The number of nitrogens with zero attached hydrogens (tertiary/aromatic N) is 1. The maximum absolute atomic E-state index is 4.71. The van der Waals surface area contributed by atoms with Crippen LogP contribution in [0.25, 0.3) is 0 Å². The van der Waals surface area contributed by atoms with Gasteiger partial charge in [0, 0.05) is 19.6 Å². The fourth-order valence-corrected chi connectivity index (χ4v) is 2.13. The Bertz CT molecular complexity index is 214. The van der Waals surface area contributed by atoms with Crippen molar-refractivity contribution < 1.29 is 0 Å².